The molecule has 0 aromatic heterocycles. The van der Waals surface area contributed by atoms with Crippen molar-refractivity contribution in [3.05, 3.63) is 0 Å². The van der Waals surface area contributed by atoms with Gasteiger partial charge in [-0.05, 0) is 12.3 Å². The first-order valence-electron chi connectivity index (χ1n) is 4.56. The minimum atomic E-state index is 0.224. The van der Waals surface area contributed by atoms with Gasteiger partial charge in [0.05, 0.1) is 0 Å². The highest BCUT2D eigenvalue weighted by Crippen LogP contribution is 2.09. The number of carbonyl (C=O) groups excluding carboxylic acids is 1. The van der Waals surface area contributed by atoms with Gasteiger partial charge < -0.3 is 0 Å². The third kappa shape index (κ3) is 6.08. The monoisotopic (exact) mass is 156 g/mol. The van der Waals surface area contributed by atoms with Crippen LogP contribution in [0, 0.1) is 11.8 Å². The molecular weight excluding hydrogens is 136 g/mol. The van der Waals surface area contributed by atoms with Gasteiger partial charge in [-0.1, -0.05) is 34.1 Å². The van der Waals surface area contributed by atoms with Gasteiger partial charge in [0.15, 0.2) is 0 Å². The van der Waals surface area contributed by atoms with Crippen LogP contribution in [0.5, 0.6) is 0 Å². The Morgan fingerprint density at radius 3 is 2.09 bits per heavy atom. The second-order valence-electron chi connectivity index (χ2n) is 3.91. The molecule has 0 rings (SSSR count). The lowest BCUT2D eigenvalue weighted by molar-refractivity contribution is -0.122. The first-order valence-corrected chi connectivity index (χ1v) is 4.56. The lowest BCUT2D eigenvalue weighted by atomic mass is 10.00. The fourth-order valence-electron chi connectivity index (χ4n) is 0.973. The van der Waals surface area contributed by atoms with E-state index < -0.39 is 0 Å². The SMILES string of the molecule is CC(C)CCCC(=O)C(C)C. The van der Waals surface area contributed by atoms with Crippen LogP contribution in [-0.4, -0.2) is 5.78 Å². The average Bonchev–Trinajstić information content (AvgIpc) is 1.86. The van der Waals surface area contributed by atoms with Crippen molar-refractivity contribution in [3.8, 4) is 0 Å². The van der Waals surface area contributed by atoms with Gasteiger partial charge in [0.2, 0.25) is 0 Å². The third-order valence-corrected chi connectivity index (χ3v) is 1.85. The molecule has 0 saturated heterocycles. The summed E-state index contributed by atoms with van der Waals surface area (Å²) in [6.45, 7) is 8.33. The van der Waals surface area contributed by atoms with Crippen molar-refractivity contribution in [2.24, 2.45) is 11.8 Å². The van der Waals surface area contributed by atoms with Crippen molar-refractivity contribution in [2.45, 2.75) is 47.0 Å². The highest BCUT2D eigenvalue weighted by molar-refractivity contribution is 5.80. The molecule has 0 amide bonds. The summed E-state index contributed by atoms with van der Waals surface area (Å²) in [5.41, 5.74) is 0. The molecule has 0 aliphatic carbocycles. The van der Waals surface area contributed by atoms with E-state index in [9.17, 15) is 4.79 Å². The lowest BCUT2D eigenvalue weighted by Gasteiger charge is -2.05. The highest BCUT2D eigenvalue weighted by atomic mass is 16.1. The van der Waals surface area contributed by atoms with E-state index in [0.717, 1.165) is 18.8 Å². The van der Waals surface area contributed by atoms with Crippen LogP contribution in [0.15, 0.2) is 0 Å². The quantitative estimate of drug-likeness (QED) is 0.598. The van der Waals surface area contributed by atoms with Gasteiger partial charge in [-0.15, -0.1) is 0 Å². The molecule has 66 valence electrons. The standard InChI is InChI=1S/C10H20O/c1-8(2)6-5-7-10(11)9(3)4/h8-9H,5-7H2,1-4H3. The van der Waals surface area contributed by atoms with E-state index >= 15 is 0 Å². The van der Waals surface area contributed by atoms with E-state index in [1.807, 2.05) is 13.8 Å². The number of hydrogen-bond acceptors (Lipinski definition) is 1. The molecule has 0 aliphatic heterocycles. The zero-order valence-corrected chi connectivity index (χ0v) is 8.18. The van der Waals surface area contributed by atoms with Crippen LogP contribution in [0.1, 0.15) is 47.0 Å². The molecule has 0 bridgehead atoms. The molecule has 0 fully saturated rings. The molecule has 0 aromatic rings. The second kappa shape index (κ2) is 5.34. The number of ketones is 1. The highest BCUT2D eigenvalue weighted by Gasteiger charge is 2.06. The molecular formula is C10H20O. The van der Waals surface area contributed by atoms with E-state index in [1.165, 1.54) is 6.42 Å². The summed E-state index contributed by atoms with van der Waals surface area (Å²) in [6.07, 6.45) is 3.02. The fraction of sp³-hybridized carbons (Fsp3) is 0.900. The molecule has 0 heterocycles. The van der Waals surface area contributed by atoms with Crippen molar-refractivity contribution in [3.63, 3.8) is 0 Å². The van der Waals surface area contributed by atoms with E-state index in [-0.39, 0.29) is 5.92 Å². The van der Waals surface area contributed by atoms with Crippen molar-refractivity contribution >= 4 is 5.78 Å². The van der Waals surface area contributed by atoms with E-state index in [0.29, 0.717) is 5.78 Å². The molecule has 11 heavy (non-hydrogen) atoms. The minimum Gasteiger partial charge on any atom is -0.299 e. The molecule has 1 heteroatoms. The molecule has 0 aliphatic rings. The Bertz CT molecular complexity index is 114. The van der Waals surface area contributed by atoms with Gasteiger partial charge in [0, 0.05) is 12.3 Å². The van der Waals surface area contributed by atoms with Crippen molar-refractivity contribution < 1.29 is 4.79 Å². The molecule has 0 aromatic carbocycles. The van der Waals surface area contributed by atoms with Crippen LogP contribution in [0.4, 0.5) is 0 Å². The first-order chi connectivity index (χ1) is 5.04. The number of Topliss-reactive ketones (excluding diaryl/α,β-unsaturated/α-hetero) is 1. The number of rotatable bonds is 5. The van der Waals surface area contributed by atoms with Gasteiger partial charge in [0.1, 0.15) is 5.78 Å². The van der Waals surface area contributed by atoms with Crippen LogP contribution < -0.4 is 0 Å². The van der Waals surface area contributed by atoms with E-state index in [2.05, 4.69) is 13.8 Å². The summed E-state index contributed by atoms with van der Waals surface area (Å²) in [7, 11) is 0. The Morgan fingerprint density at radius 2 is 1.73 bits per heavy atom. The van der Waals surface area contributed by atoms with Gasteiger partial charge in [0.25, 0.3) is 0 Å². The van der Waals surface area contributed by atoms with Crippen LogP contribution in [-0.2, 0) is 4.79 Å². The minimum absolute atomic E-state index is 0.224. The zero-order valence-electron chi connectivity index (χ0n) is 8.18. The lowest BCUT2D eigenvalue weighted by Crippen LogP contribution is -2.06. The number of hydrogen-bond donors (Lipinski definition) is 0. The average molecular weight is 156 g/mol. The van der Waals surface area contributed by atoms with Gasteiger partial charge in [-0.3, -0.25) is 4.79 Å². The van der Waals surface area contributed by atoms with Crippen molar-refractivity contribution in [1.82, 2.24) is 0 Å². The Hall–Kier alpha value is -0.330. The predicted molar refractivity (Wildman–Crippen MR) is 48.5 cm³/mol. The maximum atomic E-state index is 11.1. The van der Waals surface area contributed by atoms with Crippen molar-refractivity contribution in [1.29, 1.82) is 0 Å². The fourth-order valence-corrected chi connectivity index (χ4v) is 0.973. The normalized spacial score (nSPS) is 11.1. The third-order valence-electron chi connectivity index (χ3n) is 1.85. The summed E-state index contributed by atoms with van der Waals surface area (Å²) < 4.78 is 0. The molecule has 0 spiro atoms. The molecule has 0 saturated carbocycles. The van der Waals surface area contributed by atoms with Gasteiger partial charge in [-0.25, -0.2) is 0 Å². The number of carbonyl (C=O) groups is 1. The maximum absolute atomic E-state index is 11.1. The van der Waals surface area contributed by atoms with Gasteiger partial charge >= 0.3 is 0 Å². The molecule has 0 atom stereocenters. The van der Waals surface area contributed by atoms with Crippen LogP contribution in [0.25, 0.3) is 0 Å². The molecule has 0 unspecified atom stereocenters. The van der Waals surface area contributed by atoms with Crippen molar-refractivity contribution in [2.75, 3.05) is 0 Å². The summed E-state index contributed by atoms with van der Waals surface area (Å²) in [5, 5.41) is 0. The molecule has 0 radical (unpaired) electrons. The molecule has 1 nitrogen and oxygen atoms in total. The summed E-state index contributed by atoms with van der Waals surface area (Å²) in [6, 6.07) is 0. The predicted octanol–water partition coefficient (Wildman–Crippen LogP) is 3.04. The van der Waals surface area contributed by atoms with Crippen LogP contribution in [0.3, 0.4) is 0 Å². The smallest absolute Gasteiger partial charge is 0.135 e. The Kier molecular flexibility index (Phi) is 5.18. The zero-order chi connectivity index (χ0) is 8.85. The first kappa shape index (κ1) is 10.7. The Morgan fingerprint density at radius 1 is 1.18 bits per heavy atom. The summed E-state index contributed by atoms with van der Waals surface area (Å²) in [5.74, 6) is 1.36. The summed E-state index contributed by atoms with van der Waals surface area (Å²) >= 11 is 0. The largest absolute Gasteiger partial charge is 0.299 e. The topological polar surface area (TPSA) is 17.1 Å². The van der Waals surface area contributed by atoms with Crippen LogP contribution in [0.2, 0.25) is 0 Å². The maximum Gasteiger partial charge on any atom is 0.135 e. The molecule has 0 N–H and O–H groups in total. The van der Waals surface area contributed by atoms with Gasteiger partial charge in [-0.2, -0.15) is 0 Å². The van der Waals surface area contributed by atoms with Crippen LogP contribution >= 0.6 is 0 Å². The van der Waals surface area contributed by atoms with E-state index in [1.54, 1.807) is 0 Å². The second-order valence-corrected chi connectivity index (χ2v) is 3.91. The Balaban J connectivity index is 3.32. The van der Waals surface area contributed by atoms with E-state index in [4.69, 9.17) is 0 Å². The summed E-state index contributed by atoms with van der Waals surface area (Å²) in [4.78, 5) is 11.1. The Labute approximate surface area is 70.2 Å².